The van der Waals surface area contributed by atoms with E-state index in [-0.39, 0.29) is 5.97 Å². The van der Waals surface area contributed by atoms with E-state index in [4.69, 9.17) is 4.74 Å². The van der Waals surface area contributed by atoms with Gasteiger partial charge in [0.15, 0.2) is 0 Å². The zero-order chi connectivity index (χ0) is 17.7. The highest BCUT2D eigenvalue weighted by atomic mass is 16.5. The minimum absolute atomic E-state index is 0.0193. The van der Waals surface area contributed by atoms with Gasteiger partial charge in [-0.25, -0.2) is 0 Å². The van der Waals surface area contributed by atoms with Crippen LogP contribution in [0.4, 0.5) is 0 Å². The van der Waals surface area contributed by atoms with Gasteiger partial charge in [0.1, 0.15) is 0 Å². The third kappa shape index (κ3) is 19.0. The number of unbranched alkanes of at least 4 members (excludes halogenated alkanes) is 9. The number of carbonyl (C=O) groups is 1. The number of allylic oxidation sites excluding steroid dienone is 4. The molecule has 0 radical (unpaired) electrons. The average Bonchev–Trinajstić information content (AvgIpc) is 2.58. The Morgan fingerprint density at radius 3 is 1.96 bits per heavy atom. The second-order valence-electron chi connectivity index (χ2n) is 6.55. The van der Waals surface area contributed by atoms with Gasteiger partial charge in [-0.15, -0.1) is 0 Å². The van der Waals surface area contributed by atoms with E-state index in [2.05, 4.69) is 38.2 Å². The molecule has 0 heterocycles. The molecule has 24 heavy (non-hydrogen) atoms. The fourth-order valence-electron chi connectivity index (χ4n) is 2.48. The van der Waals surface area contributed by atoms with Crippen molar-refractivity contribution in [3.63, 3.8) is 0 Å². The van der Waals surface area contributed by atoms with Crippen molar-refractivity contribution in [2.45, 2.75) is 104 Å². The van der Waals surface area contributed by atoms with Gasteiger partial charge in [-0.1, -0.05) is 76.7 Å². The molecule has 0 unspecified atom stereocenters. The maximum atomic E-state index is 11.4. The van der Waals surface area contributed by atoms with E-state index < -0.39 is 0 Å². The van der Waals surface area contributed by atoms with Crippen LogP contribution in [0.3, 0.4) is 0 Å². The van der Waals surface area contributed by atoms with Crippen molar-refractivity contribution in [1.82, 2.24) is 0 Å². The van der Waals surface area contributed by atoms with Crippen LogP contribution in [0.5, 0.6) is 0 Å². The molecule has 0 aromatic heterocycles. The summed E-state index contributed by atoms with van der Waals surface area (Å²) in [6.07, 6.45) is 25.2. The molecule has 0 bridgehead atoms. The zero-order valence-corrected chi connectivity index (χ0v) is 16.2. The lowest BCUT2D eigenvalue weighted by molar-refractivity contribution is -0.143. The molecule has 0 spiro atoms. The smallest absolute Gasteiger partial charge is 0.305 e. The Kier molecular flexibility index (Phi) is 19.1. The van der Waals surface area contributed by atoms with Crippen LogP contribution in [0.25, 0.3) is 0 Å². The SMILES string of the molecule is CCCCCC=CCC=CCCCCCCCC(=O)OCCCC. The molecule has 0 fully saturated rings. The van der Waals surface area contributed by atoms with Crippen molar-refractivity contribution in [3.05, 3.63) is 24.3 Å². The summed E-state index contributed by atoms with van der Waals surface area (Å²) in [5, 5.41) is 0. The van der Waals surface area contributed by atoms with Crippen LogP contribution in [0.1, 0.15) is 104 Å². The Balaban J connectivity index is 3.24. The minimum Gasteiger partial charge on any atom is -0.466 e. The fraction of sp³-hybridized carbons (Fsp3) is 0.773. The van der Waals surface area contributed by atoms with Gasteiger partial charge < -0.3 is 4.74 Å². The van der Waals surface area contributed by atoms with Crippen molar-refractivity contribution in [3.8, 4) is 0 Å². The normalized spacial score (nSPS) is 11.6. The number of hydrogen-bond acceptors (Lipinski definition) is 2. The molecular formula is C22H40O2. The second kappa shape index (κ2) is 20.0. The van der Waals surface area contributed by atoms with Crippen LogP contribution < -0.4 is 0 Å². The lowest BCUT2D eigenvalue weighted by atomic mass is 10.1. The molecule has 0 aliphatic heterocycles. The molecule has 140 valence electrons. The topological polar surface area (TPSA) is 26.3 Å². The van der Waals surface area contributed by atoms with Crippen molar-refractivity contribution in [2.24, 2.45) is 0 Å². The Morgan fingerprint density at radius 1 is 0.708 bits per heavy atom. The van der Waals surface area contributed by atoms with Crippen molar-refractivity contribution < 1.29 is 9.53 Å². The molecule has 0 rings (SSSR count). The molecule has 0 aromatic carbocycles. The van der Waals surface area contributed by atoms with Gasteiger partial charge in [0, 0.05) is 6.42 Å². The Hall–Kier alpha value is -1.05. The average molecular weight is 337 g/mol. The third-order valence-electron chi connectivity index (χ3n) is 4.09. The molecule has 0 saturated carbocycles. The van der Waals surface area contributed by atoms with Gasteiger partial charge in [-0.3, -0.25) is 4.79 Å². The number of ether oxygens (including phenoxy) is 1. The summed E-state index contributed by atoms with van der Waals surface area (Å²) in [6, 6.07) is 0. The van der Waals surface area contributed by atoms with Crippen molar-refractivity contribution in [1.29, 1.82) is 0 Å². The highest BCUT2D eigenvalue weighted by Gasteiger charge is 2.01. The maximum Gasteiger partial charge on any atom is 0.305 e. The van der Waals surface area contributed by atoms with Gasteiger partial charge in [0.05, 0.1) is 6.61 Å². The van der Waals surface area contributed by atoms with E-state index in [9.17, 15) is 4.79 Å². The fourth-order valence-corrected chi connectivity index (χ4v) is 2.48. The van der Waals surface area contributed by atoms with Crippen LogP contribution in [0.15, 0.2) is 24.3 Å². The number of rotatable bonds is 17. The minimum atomic E-state index is -0.0193. The summed E-state index contributed by atoms with van der Waals surface area (Å²) in [4.78, 5) is 11.4. The third-order valence-corrected chi connectivity index (χ3v) is 4.09. The quantitative estimate of drug-likeness (QED) is 0.160. The predicted molar refractivity (Wildman–Crippen MR) is 105 cm³/mol. The lowest BCUT2D eigenvalue weighted by Gasteiger charge is -2.03. The van der Waals surface area contributed by atoms with E-state index in [1.165, 1.54) is 51.4 Å². The number of esters is 1. The summed E-state index contributed by atoms with van der Waals surface area (Å²) in [6.45, 7) is 4.94. The first-order chi connectivity index (χ1) is 11.8. The Labute approximate surface area is 150 Å². The van der Waals surface area contributed by atoms with E-state index in [0.29, 0.717) is 13.0 Å². The van der Waals surface area contributed by atoms with Gasteiger partial charge in [-0.2, -0.15) is 0 Å². The molecular weight excluding hydrogens is 296 g/mol. The molecule has 2 heteroatoms. The lowest BCUT2D eigenvalue weighted by Crippen LogP contribution is -2.05. The molecule has 0 aromatic rings. The molecule has 0 atom stereocenters. The van der Waals surface area contributed by atoms with Gasteiger partial charge in [0.2, 0.25) is 0 Å². The molecule has 0 N–H and O–H groups in total. The van der Waals surface area contributed by atoms with Crippen LogP contribution in [-0.4, -0.2) is 12.6 Å². The largest absolute Gasteiger partial charge is 0.466 e. The summed E-state index contributed by atoms with van der Waals surface area (Å²) < 4.78 is 5.15. The Morgan fingerprint density at radius 2 is 1.29 bits per heavy atom. The zero-order valence-electron chi connectivity index (χ0n) is 16.2. The van der Waals surface area contributed by atoms with Crippen LogP contribution >= 0.6 is 0 Å². The van der Waals surface area contributed by atoms with E-state index in [0.717, 1.165) is 32.1 Å². The second-order valence-corrected chi connectivity index (χ2v) is 6.55. The number of hydrogen-bond donors (Lipinski definition) is 0. The van der Waals surface area contributed by atoms with Gasteiger partial charge in [-0.05, 0) is 44.9 Å². The van der Waals surface area contributed by atoms with Crippen LogP contribution in [0.2, 0.25) is 0 Å². The summed E-state index contributed by atoms with van der Waals surface area (Å²) in [5.74, 6) is -0.0193. The summed E-state index contributed by atoms with van der Waals surface area (Å²) in [5.41, 5.74) is 0. The molecule has 0 saturated heterocycles. The molecule has 0 aliphatic rings. The van der Waals surface area contributed by atoms with Crippen LogP contribution in [0, 0.1) is 0 Å². The molecule has 0 amide bonds. The monoisotopic (exact) mass is 336 g/mol. The highest BCUT2D eigenvalue weighted by Crippen LogP contribution is 2.09. The van der Waals surface area contributed by atoms with E-state index >= 15 is 0 Å². The van der Waals surface area contributed by atoms with E-state index in [1.807, 2.05) is 0 Å². The number of carbonyl (C=O) groups excluding carboxylic acids is 1. The predicted octanol–water partition coefficient (Wildman–Crippen LogP) is 7.14. The summed E-state index contributed by atoms with van der Waals surface area (Å²) >= 11 is 0. The van der Waals surface area contributed by atoms with E-state index in [1.54, 1.807) is 0 Å². The van der Waals surface area contributed by atoms with Gasteiger partial charge in [0.25, 0.3) is 0 Å². The maximum absolute atomic E-state index is 11.4. The van der Waals surface area contributed by atoms with Crippen LogP contribution in [-0.2, 0) is 9.53 Å². The van der Waals surface area contributed by atoms with Gasteiger partial charge >= 0.3 is 5.97 Å². The first-order valence-electron chi connectivity index (χ1n) is 10.3. The van der Waals surface area contributed by atoms with Crippen molar-refractivity contribution >= 4 is 5.97 Å². The molecule has 0 aliphatic carbocycles. The summed E-state index contributed by atoms with van der Waals surface area (Å²) in [7, 11) is 0. The van der Waals surface area contributed by atoms with Crippen molar-refractivity contribution in [2.75, 3.05) is 6.61 Å². The highest BCUT2D eigenvalue weighted by molar-refractivity contribution is 5.69. The standard InChI is InChI=1S/C22H40O2/c1-3-5-7-8-9-10-11-12-13-14-15-16-17-18-19-20-22(23)24-21-6-4-2/h9-10,12-13H,3-8,11,14-21H2,1-2H3. The first kappa shape index (κ1) is 22.9. The Bertz CT molecular complexity index is 318. The molecule has 2 nitrogen and oxygen atoms in total. The first-order valence-corrected chi connectivity index (χ1v) is 10.3.